The van der Waals surface area contributed by atoms with Crippen LogP contribution in [0.2, 0.25) is 0 Å². The maximum absolute atomic E-state index is 12.3. The monoisotopic (exact) mass is 629 g/mol. The Hall–Kier alpha value is -3.22. The highest BCUT2D eigenvalue weighted by Crippen LogP contribution is 2.14. The molecule has 254 valence electrons. The summed E-state index contributed by atoms with van der Waals surface area (Å²) in [6.07, 6.45) is 14.3. The van der Waals surface area contributed by atoms with Crippen molar-refractivity contribution in [1.29, 1.82) is 0 Å². The van der Waals surface area contributed by atoms with Crippen molar-refractivity contribution in [3.05, 3.63) is 0 Å². The van der Waals surface area contributed by atoms with Crippen LogP contribution in [0.4, 0.5) is 0 Å². The van der Waals surface area contributed by atoms with Crippen molar-refractivity contribution in [2.24, 2.45) is 0 Å². The van der Waals surface area contributed by atoms with E-state index in [1.54, 1.807) is 6.92 Å². The van der Waals surface area contributed by atoms with Crippen LogP contribution in [0.25, 0.3) is 0 Å². The largest absolute Gasteiger partial charge is 0.481 e. The van der Waals surface area contributed by atoms with Gasteiger partial charge in [-0.3, -0.25) is 19.2 Å². The van der Waals surface area contributed by atoms with Crippen LogP contribution in [-0.2, 0) is 28.8 Å². The second-order valence-corrected chi connectivity index (χ2v) is 11.5. The standard InChI is InChI=1S/C31H55N3O10/c1-23(22-35)32-27(37)20-18-25(31(43)44)34-28(38)21-19-24(30(41)42)33-26(36)16-14-12-10-8-6-4-2-3-5-7-9-11-13-15-17-29(39)40/h23-25,35H,2-22H2,1H3,(H,32,37)(H,33,36)(H,34,38)(H,39,40)(H,41,42)(H,43,44)/t23-,24+,25+/m1/s1. The van der Waals surface area contributed by atoms with Gasteiger partial charge in [0.1, 0.15) is 12.1 Å². The summed E-state index contributed by atoms with van der Waals surface area (Å²) in [4.78, 5) is 69.8. The highest BCUT2D eigenvalue weighted by Gasteiger charge is 2.24. The van der Waals surface area contributed by atoms with E-state index in [9.17, 15) is 39.0 Å². The Morgan fingerprint density at radius 1 is 0.477 bits per heavy atom. The number of nitrogens with one attached hydrogen (secondary N) is 3. The Morgan fingerprint density at radius 3 is 1.14 bits per heavy atom. The van der Waals surface area contributed by atoms with Gasteiger partial charge in [-0.2, -0.15) is 0 Å². The molecule has 0 aromatic heterocycles. The smallest absolute Gasteiger partial charge is 0.326 e. The van der Waals surface area contributed by atoms with Gasteiger partial charge in [-0.25, -0.2) is 9.59 Å². The fourth-order valence-corrected chi connectivity index (χ4v) is 4.67. The van der Waals surface area contributed by atoms with Gasteiger partial charge < -0.3 is 36.4 Å². The fourth-order valence-electron chi connectivity index (χ4n) is 4.67. The number of aliphatic hydroxyl groups is 1. The Kier molecular flexibility index (Phi) is 24.3. The van der Waals surface area contributed by atoms with Crippen LogP contribution in [0.15, 0.2) is 0 Å². The average molecular weight is 630 g/mol. The zero-order chi connectivity index (χ0) is 33.2. The lowest BCUT2D eigenvalue weighted by molar-refractivity contribution is -0.143. The van der Waals surface area contributed by atoms with Crippen LogP contribution >= 0.6 is 0 Å². The van der Waals surface area contributed by atoms with E-state index in [-0.39, 0.29) is 45.1 Å². The summed E-state index contributed by atoms with van der Waals surface area (Å²) < 4.78 is 0. The Bertz CT molecular complexity index is 868. The first-order valence-electron chi connectivity index (χ1n) is 16.1. The van der Waals surface area contributed by atoms with Crippen molar-refractivity contribution in [3.63, 3.8) is 0 Å². The zero-order valence-corrected chi connectivity index (χ0v) is 26.3. The third-order valence-electron chi connectivity index (χ3n) is 7.31. The molecule has 44 heavy (non-hydrogen) atoms. The molecule has 0 radical (unpaired) electrons. The third kappa shape index (κ3) is 24.2. The molecular weight excluding hydrogens is 574 g/mol. The molecule has 0 heterocycles. The van der Waals surface area contributed by atoms with Crippen LogP contribution in [-0.4, -0.2) is 80.8 Å². The van der Waals surface area contributed by atoms with E-state index in [4.69, 9.17) is 10.2 Å². The number of rotatable bonds is 29. The lowest BCUT2D eigenvalue weighted by Crippen LogP contribution is -2.44. The second kappa shape index (κ2) is 26.2. The van der Waals surface area contributed by atoms with E-state index in [0.29, 0.717) is 6.42 Å². The molecule has 0 aliphatic rings. The van der Waals surface area contributed by atoms with Crippen LogP contribution in [0.1, 0.15) is 135 Å². The van der Waals surface area contributed by atoms with Gasteiger partial charge in [0.15, 0.2) is 0 Å². The lowest BCUT2D eigenvalue weighted by atomic mass is 10.0. The molecule has 0 spiro atoms. The number of aliphatic carboxylic acids is 3. The maximum atomic E-state index is 12.3. The van der Waals surface area contributed by atoms with Crippen LogP contribution < -0.4 is 16.0 Å². The molecule has 0 aromatic rings. The highest BCUT2D eigenvalue weighted by atomic mass is 16.4. The summed E-state index contributed by atoms with van der Waals surface area (Å²) in [5.41, 5.74) is 0. The molecule has 3 amide bonds. The van der Waals surface area contributed by atoms with Crippen molar-refractivity contribution in [1.82, 2.24) is 16.0 Å². The number of amides is 3. The molecule has 0 rings (SSSR count). The van der Waals surface area contributed by atoms with Crippen molar-refractivity contribution >= 4 is 35.6 Å². The normalized spacial score (nSPS) is 13.0. The van der Waals surface area contributed by atoms with Gasteiger partial charge in [0.2, 0.25) is 17.7 Å². The molecule has 3 atom stereocenters. The summed E-state index contributed by atoms with van der Waals surface area (Å²) in [5, 5.41) is 43.6. The Labute approximate surface area is 260 Å². The fraction of sp³-hybridized carbons (Fsp3) is 0.806. The van der Waals surface area contributed by atoms with Crippen molar-refractivity contribution < 1.29 is 49.2 Å². The predicted molar refractivity (Wildman–Crippen MR) is 164 cm³/mol. The summed E-state index contributed by atoms with van der Waals surface area (Å²) in [7, 11) is 0. The molecule has 0 aliphatic carbocycles. The van der Waals surface area contributed by atoms with Gasteiger partial charge in [0.05, 0.1) is 6.61 Å². The molecule has 0 aliphatic heterocycles. The topological polar surface area (TPSA) is 219 Å². The lowest BCUT2D eigenvalue weighted by Gasteiger charge is -2.17. The number of hydrogen-bond acceptors (Lipinski definition) is 7. The quantitative estimate of drug-likeness (QED) is 0.0597. The third-order valence-corrected chi connectivity index (χ3v) is 7.31. The minimum Gasteiger partial charge on any atom is -0.481 e. The van der Waals surface area contributed by atoms with E-state index in [1.165, 1.54) is 38.5 Å². The van der Waals surface area contributed by atoms with Gasteiger partial charge in [0.25, 0.3) is 0 Å². The molecule has 0 bridgehead atoms. The number of unbranched alkanes of at least 4 members (excludes halogenated alkanes) is 13. The molecular formula is C31H55N3O10. The first kappa shape index (κ1) is 40.8. The summed E-state index contributed by atoms with van der Waals surface area (Å²) >= 11 is 0. The number of carboxylic acid groups (broad SMARTS) is 3. The van der Waals surface area contributed by atoms with E-state index in [2.05, 4.69) is 16.0 Å². The van der Waals surface area contributed by atoms with Gasteiger partial charge in [-0.1, -0.05) is 77.0 Å². The number of hydrogen-bond donors (Lipinski definition) is 7. The average Bonchev–Trinajstić information content (AvgIpc) is 2.96. The minimum atomic E-state index is -1.34. The second-order valence-electron chi connectivity index (χ2n) is 11.5. The zero-order valence-electron chi connectivity index (χ0n) is 26.3. The summed E-state index contributed by atoms with van der Waals surface area (Å²) in [5.74, 6) is -4.92. The maximum Gasteiger partial charge on any atom is 0.326 e. The van der Waals surface area contributed by atoms with Crippen LogP contribution in [0.5, 0.6) is 0 Å². The molecule has 0 saturated heterocycles. The van der Waals surface area contributed by atoms with Gasteiger partial charge in [-0.15, -0.1) is 0 Å². The number of aliphatic hydroxyl groups excluding tert-OH is 1. The molecule has 0 unspecified atom stereocenters. The van der Waals surface area contributed by atoms with Gasteiger partial charge >= 0.3 is 17.9 Å². The molecule has 0 aromatic carbocycles. The molecule has 0 fully saturated rings. The predicted octanol–water partition coefficient (Wildman–Crippen LogP) is 3.51. The molecule has 13 heteroatoms. The number of carboxylic acids is 3. The van der Waals surface area contributed by atoms with Gasteiger partial charge in [0, 0.05) is 31.7 Å². The number of carbonyl (C=O) groups excluding carboxylic acids is 3. The first-order valence-corrected chi connectivity index (χ1v) is 16.1. The first-order chi connectivity index (χ1) is 21.0. The Morgan fingerprint density at radius 2 is 0.795 bits per heavy atom. The minimum absolute atomic E-state index is 0.177. The van der Waals surface area contributed by atoms with Crippen LogP contribution in [0, 0.1) is 0 Å². The Balaban J connectivity index is 4.02. The van der Waals surface area contributed by atoms with Crippen molar-refractivity contribution in [2.75, 3.05) is 6.61 Å². The van der Waals surface area contributed by atoms with Gasteiger partial charge in [-0.05, 0) is 32.6 Å². The van der Waals surface area contributed by atoms with E-state index in [1.807, 2.05) is 0 Å². The number of carbonyl (C=O) groups is 6. The molecule has 13 nitrogen and oxygen atoms in total. The summed E-state index contributed by atoms with van der Waals surface area (Å²) in [6, 6.07) is -3.10. The van der Waals surface area contributed by atoms with Crippen molar-refractivity contribution in [2.45, 2.75) is 153 Å². The van der Waals surface area contributed by atoms with E-state index >= 15 is 0 Å². The van der Waals surface area contributed by atoms with E-state index in [0.717, 1.165) is 44.9 Å². The highest BCUT2D eigenvalue weighted by molar-refractivity contribution is 5.86. The molecule has 7 N–H and O–H groups in total. The van der Waals surface area contributed by atoms with E-state index < -0.39 is 53.8 Å². The van der Waals surface area contributed by atoms with Crippen molar-refractivity contribution in [3.8, 4) is 0 Å². The van der Waals surface area contributed by atoms with Crippen LogP contribution in [0.3, 0.4) is 0 Å². The molecule has 0 saturated carbocycles. The SMILES string of the molecule is C[C@H](CO)NC(=O)CC[C@H](NC(=O)CC[C@H](NC(=O)CCCCCCCCCCCCCCCCC(=O)O)C(=O)O)C(=O)O. The summed E-state index contributed by atoms with van der Waals surface area (Å²) in [6.45, 7) is 1.31.